The largest absolute Gasteiger partial charge is 0.494 e. The standard InChI is InChI=1S/C34H30Br2F3N3O4/c35-26-12-6-22(7-13-26)20-33(32(44)42-40-21-25-4-1-2-5-29(25)34(37,38)39)30(23-8-14-27(36)15-9-23)46-31(41-33)24-10-16-28(17-11-24)45-19-3-18-43/h1-2,4-17,30,40,43H,3,18-21H2,(H,42,44)/t30-,33-/m0/s1. The Morgan fingerprint density at radius 1 is 0.935 bits per heavy atom. The van der Waals surface area contributed by atoms with Crippen molar-refractivity contribution in [2.75, 3.05) is 13.2 Å². The van der Waals surface area contributed by atoms with Gasteiger partial charge in [0.25, 0.3) is 5.91 Å². The molecule has 0 aliphatic carbocycles. The highest BCUT2D eigenvalue weighted by atomic mass is 79.9. The van der Waals surface area contributed by atoms with E-state index in [4.69, 9.17) is 19.6 Å². The van der Waals surface area contributed by atoms with Gasteiger partial charge in [-0.15, -0.1) is 0 Å². The van der Waals surface area contributed by atoms with Crippen LogP contribution in [-0.2, 0) is 28.7 Å². The minimum Gasteiger partial charge on any atom is -0.494 e. The van der Waals surface area contributed by atoms with E-state index in [0.29, 0.717) is 29.9 Å². The van der Waals surface area contributed by atoms with Gasteiger partial charge >= 0.3 is 6.18 Å². The fourth-order valence-electron chi connectivity index (χ4n) is 5.11. The summed E-state index contributed by atoms with van der Waals surface area (Å²) in [4.78, 5) is 19.2. The highest BCUT2D eigenvalue weighted by Gasteiger charge is 2.53. The number of aliphatic imine (C=N–C) groups is 1. The van der Waals surface area contributed by atoms with E-state index in [1.807, 2.05) is 48.5 Å². The number of aliphatic hydroxyl groups is 1. The lowest BCUT2D eigenvalue weighted by Crippen LogP contribution is -2.53. The lowest BCUT2D eigenvalue weighted by Gasteiger charge is -2.31. The highest BCUT2D eigenvalue weighted by molar-refractivity contribution is 9.10. The molecule has 1 amide bonds. The van der Waals surface area contributed by atoms with Crippen LogP contribution in [-0.4, -0.2) is 35.7 Å². The summed E-state index contributed by atoms with van der Waals surface area (Å²) in [6, 6.07) is 27.0. The van der Waals surface area contributed by atoms with Crippen molar-refractivity contribution in [2.24, 2.45) is 4.99 Å². The summed E-state index contributed by atoms with van der Waals surface area (Å²) >= 11 is 6.91. The number of rotatable bonds is 12. The summed E-state index contributed by atoms with van der Waals surface area (Å²) in [5.74, 6) is 0.249. The average Bonchev–Trinajstić information content (AvgIpc) is 3.43. The first-order valence-electron chi connectivity index (χ1n) is 14.4. The molecule has 7 nitrogen and oxygen atoms in total. The zero-order valence-electron chi connectivity index (χ0n) is 24.4. The summed E-state index contributed by atoms with van der Waals surface area (Å²) in [5.41, 5.74) is 5.07. The summed E-state index contributed by atoms with van der Waals surface area (Å²) in [5, 5.41) is 9.04. The second-order valence-electron chi connectivity index (χ2n) is 10.6. The minimum atomic E-state index is -4.55. The second-order valence-corrected chi connectivity index (χ2v) is 12.4. The average molecular weight is 761 g/mol. The molecule has 0 bridgehead atoms. The van der Waals surface area contributed by atoms with Gasteiger partial charge in [0.05, 0.1) is 12.2 Å². The van der Waals surface area contributed by atoms with E-state index >= 15 is 0 Å². The van der Waals surface area contributed by atoms with Crippen LogP contribution >= 0.6 is 31.9 Å². The van der Waals surface area contributed by atoms with Gasteiger partial charge in [-0.2, -0.15) is 13.2 Å². The van der Waals surface area contributed by atoms with Crippen LogP contribution in [0.2, 0.25) is 0 Å². The summed E-state index contributed by atoms with van der Waals surface area (Å²) in [6.45, 7) is 0.107. The fraction of sp³-hybridized carbons (Fsp3) is 0.235. The molecule has 46 heavy (non-hydrogen) atoms. The van der Waals surface area contributed by atoms with Crippen molar-refractivity contribution >= 4 is 43.7 Å². The van der Waals surface area contributed by atoms with E-state index in [9.17, 15) is 18.0 Å². The van der Waals surface area contributed by atoms with Gasteiger partial charge in [-0.05, 0) is 71.3 Å². The highest BCUT2D eigenvalue weighted by Crippen LogP contribution is 2.43. The molecule has 0 radical (unpaired) electrons. The van der Waals surface area contributed by atoms with Gasteiger partial charge in [0.2, 0.25) is 5.90 Å². The topological polar surface area (TPSA) is 92.2 Å². The lowest BCUT2D eigenvalue weighted by molar-refractivity contribution is -0.138. The van der Waals surface area contributed by atoms with E-state index in [-0.39, 0.29) is 31.0 Å². The Balaban J connectivity index is 1.51. The van der Waals surface area contributed by atoms with Crippen LogP contribution in [0.5, 0.6) is 5.75 Å². The quantitative estimate of drug-likeness (QED) is 0.104. The summed E-state index contributed by atoms with van der Waals surface area (Å²) < 4.78 is 54.7. The number of ether oxygens (including phenoxy) is 2. The molecule has 2 atom stereocenters. The molecule has 0 unspecified atom stereocenters. The number of halogens is 5. The van der Waals surface area contributed by atoms with Crippen molar-refractivity contribution in [1.82, 2.24) is 10.9 Å². The number of nitrogens with one attached hydrogen (secondary N) is 2. The van der Waals surface area contributed by atoms with Gasteiger partial charge in [-0.1, -0.05) is 74.3 Å². The normalized spacial score (nSPS) is 17.7. The zero-order chi connectivity index (χ0) is 32.7. The number of benzene rings is 4. The second kappa shape index (κ2) is 14.8. The number of hydrogen-bond donors (Lipinski definition) is 3. The maximum absolute atomic E-state index is 14.3. The number of carbonyl (C=O) groups excluding carboxylic acids is 1. The SMILES string of the molecule is O=C(NNCc1ccccc1C(F)(F)F)[C@@]1(Cc2ccc(Br)cc2)N=C(c2ccc(OCCCO)cc2)O[C@H]1c1ccc(Br)cc1. The molecule has 0 fully saturated rings. The number of hydrogen-bond acceptors (Lipinski definition) is 6. The monoisotopic (exact) mass is 759 g/mol. The van der Waals surface area contributed by atoms with Crippen LogP contribution < -0.4 is 15.6 Å². The number of hydrazine groups is 1. The van der Waals surface area contributed by atoms with Crippen LogP contribution in [0.3, 0.4) is 0 Å². The summed E-state index contributed by atoms with van der Waals surface area (Å²) in [6.07, 6.45) is -4.81. The first kappa shape index (κ1) is 33.6. The van der Waals surface area contributed by atoms with Crippen molar-refractivity contribution in [3.8, 4) is 5.75 Å². The number of carbonyl (C=O) groups is 1. The molecule has 0 spiro atoms. The Hall–Kier alpha value is -3.71. The van der Waals surface area contributed by atoms with E-state index in [1.54, 1.807) is 24.3 Å². The van der Waals surface area contributed by atoms with E-state index in [2.05, 4.69) is 42.7 Å². The van der Waals surface area contributed by atoms with Gasteiger partial charge < -0.3 is 14.6 Å². The van der Waals surface area contributed by atoms with E-state index in [1.165, 1.54) is 18.2 Å². The maximum atomic E-state index is 14.3. The van der Waals surface area contributed by atoms with Crippen molar-refractivity contribution in [1.29, 1.82) is 0 Å². The molecule has 5 rings (SSSR count). The Morgan fingerprint density at radius 2 is 1.59 bits per heavy atom. The fourth-order valence-corrected chi connectivity index (χ4v) is 5.64. The molecule has 0 aromatic heterocycles. The van der Waals surface area contributed by atoms with Gasteiger partial charge in [0.1, 0.15) is 5.75 Å². The Labute approximate surface area is 281 Å². The third kappa shape index (κ3) is 7.98. The Morgan fingerprint density at radius 3 is 2.24 bits per heavy atom. The van der Waals surface area contributed by atoms with Crippen LogP contribution in [0.1, 0.15) is 40.3 Å². The van der Waals surface area contributed by atoms with Crippen molar-refractivity contribution in [3.63, 3.8) is 0 Å². The third-order valence-electron chi connectivity index (χ3n) is 7.39. The molecule has 0 saturated heterocycles. The minimum absolute atomic E-state index is 0.0186. The van der Waals surface area contributed by atoms with Gasteiger partial charge in [0.15, 0.2) is 11.6 Å². The number of aliphatic hydroxyl groups excluding tert-OH is 1. The Bertz CT molecular complexity index is 1670. The Kier molecular flexibility index (Phi) is 10.8. The molecule has 240 valence electrons. The lowest BCUT2D eigenvalue weighted by atomic mass is 9.82. The third-order valence-corrected chi connectivity index (χ3v) is 8.45. The number of amides is 1. The van der Waals surface area contributed by atoms with Crippen molar-refractivity contribution in [3.05, 3.63) is 134 Å². The van der Waals surface area contributed by atoms with Crippen LogP contribution in [0, 0.1) is 0 Å². The predicted octanol–water partition coefficient (Wildman–Crippen LogP) is 7.31. The van der Waals surface area contributed by atoms with Crippen molar-refractivity contribution in [2.45, 2.75) is 37.2 Å². The number of nitrogens with zero attached hydrogens (tertiary/aromatic N) is 1. The molecular weight excluding hydrogens is 731 g/mol. The van der Waals surface area contributed by atoms with E-state index in [0.717, 1.165) is 20.6 Å². The molecule has 0 saturated carbocycles. The smallest absolute Gasteiger partial charge is 0.416 e. The zero-order valence-corrected chi connectivity index (χ0v) is 27.5. The van der Waals surface area contributed by atoms with E-state index < -0.39 is 29.3 Å². The molecular formula is C34H30Br2F3N3O4. The van der Waals surface area contributed by atoms with Crippen LogP contribution in [0.25, 0.3) is 0 Å². The summed E-state index contributed by atoms with van der Waals surface area (Å²) in [7, 11) is 0. The van der Waals surface area contributed by atoms with Gasteiger partial charge in [-0.25, -0.2) is 10.4 Å². The maximum Gasteiger partial charge on any atom is 0.416 e. The predicted molar refractivity (Wildman–Crippen MR) is 175 cm³/mol. The molecule has 1 aliphatic rings. The molecule has 3 N–H and O–H groups in total. The molecule has 4 aromatic carbocycles. The first-order chi connectivity index (χ1) is 22.1. The van der Waals surface area contributed by atoms with Crippen molar-refractivity contribution < 1.29 is 32.5 Å². The van der Waals surface area contributed by atoms with Crippen LogP contribution in [0.4, 0.5) is 13.2 Å². The molecule has 1 aliphatic heterocycles. The van der Waals surface area contributed by atoms with Crippen LogP contribution in [0.15, 0.2) is 111 Å². The molecule has 4 aromatic rings. The first-order valence-corrected chi connectivity index (χ1v) is 16.0. The van der Waals surface area contributed by atoms with Gasteiger partial charge in [-0.3, -0.25) is 10.2 Å². The van der Waals surface area contributed by atoms with Gasteiger partial charge in [0, 0.05) is 40.5 Å². The molecule has 1 heterocycles. The molecule has 12 heteroatoms. The number of alkyl halides is 3.